The fourth-order valence-electron chi connectivity index (χ4n) is 2.46. The summed E-state index contributed by atoms with van der Waals surface area (Å²) in [5.41, 5.74) is -0.399. The monoisotopic (exact) mass is 179 g/mol. The van der Waals surface area contributed by atoms with Gasteiger partial charge < -0.3 is 4.74 Å². The molecule has 70 valence electrons. The van der Waals surface area contributed by atoms with Crippen LogP contribution in [0.15, 0.2) is 0 Å². The fourth-order valence-corrected chi connectivity index (χ4v) is 2.46. The molecule has 1 heterocycles. The first kappa shape index (κ1) is 8.55. The molecule has 0 N–H and O–H groups in total. The second-order valence-corrected chi connectivity index (χ2v) is 3.99. The average molecular weight is 179 g/mol. The fraction of sp³-hybridized carbons (Fsp3) is 0.800. The van der Waals surface area contributed by atoms with Gasteiger partial charge in [-0.15, -0.1) is 0 Å². The number of hydrogen-bond donors (Lipinski definition) is 0. The Balaban J connectivity index is 2.19. The van der Waals surface area contributed by atoms with Crippen LogP contribution in [0.25, 0.3) is 0 Å². The molecular weight excluding hydrogens is 166 g/mol. The van der Waals surface area contributed by atoms with Crippen LogP contribution in [0.5, 0.6) is 0 Å². The normalized spacial score (nSPS) is 31.3. The smallest absolute Gasteiger partial charge is 0.307 e. The number of esters is 1. The molecule has 0 bridgehead atoms. The number of hydrogen-bond acceptors (Lipinski definition) is 3. The summed E-state index contributed by atoms with van der Waals surface area (Å²) in [6.45, 7) is 0. The van der Waals surface area contributed by atoms with Gasteiger partial charge in [0.05, 0.1) is 18.4 Å². The molecule has 2 rings (SSSR count). The lowest BCUT2D eigenvalue weighted by molar-refractivity contribution is -0.151. The van der Waals surface area contributed by atoms with E-state index in [9.17, 15) is 4.79 Å². The zero-order chi connectivity index (χ0) is 9.31. The number of carbonyl (C=O) groups is 1. The Morgan fingerprint density at radius 2 is 2.08 bits per heavy atom. The molecule has 1 aliphatic heterocycles. The lowest BCUT2D eigenvalue weighted by Crippen LogP contribution is -2.37. The van der Waals surface area contributed by atoms with Crippen molar-refractivity contribution in [2.75, 3.05) is 0 Å². The van der Waals surface area contributed by atoms with Crippen LogP contribution in [0.3, 0.4) is 0 Å². The molecule has 0 aromatic heterocycles. The van der Waals surface area contributed by atoms with Gasteiger partial charge in [-0.3, -0.25) is 4.79 Å². The zero-order valence-electron chi connectivity index (χ0n) is 7.58. The molecule has 0 radical (unpaired) electrons. The third-order valence-corrected chi connectivity index (χ3v) is 3.18. The minimum Gasteiger partial charge on any atom is -0.458 e. The molecule has 1 saturated heterocycles. The van der Waals surface area contributed by atoms with E-state index >= 15 is 0 Å². The third-order valence-electron chi connectivity index (χ3n) is 3.18. The SMILES string of the molecule is N#CC1CC(=O)OC12CCCCC2. The van der Waals surface area contributed by atoms with Crippen LogP contribution in [0.1, 0.15) is 38.5 Å². The highest BCUT2D eigenvalue weighted by molar-refractivity contribution is 5.73. The van der Waals surface area contributed by atoms with E-state index in [1.165, 1.54) is 6.42 Å². The van der Waals surface area contributed by atoms with Gasteiger partial charge in [-0.05, 0) is 25.7 Å². The van der Waals surface area contributed by atoms with Crippen molar-refractivity contribution in [3.8, 4) is 6.07 Å². The summed E-state index contributed by atoms with van der Waals surface area (Å²) < 4.78 is 5.33. The van der Waals surface area contributed by atoms with E-state index in [1.807, 2.05) is 0 Å². The molecule has 1 aliphatic carbocycles. The van der Waals surface area contributed by atoms with Crippen molar-refractivity contribution in [2.24, 2.45) is 5.92 Å². The van der Waals surface area contributed by atoms with E-state index in [0.29, 0.717) is 6.42 Å². The second-order valence-electron chi connectivity index (χ2n) is 3.99. The quantitative estimate of drug-likeness (QED) is 0.532. The lowest BCUT2D eigenvalue weighted by atomic mass is 9.76. The van der Waals surface area contributed by atoms with Gasteiger partial charge in [0, 0.05) is 0 Å². The molecule has 3 nitrogen and oxygen atoms in total. The number of rotatable bonds is 0. The van der Waals surface area contributed by atoms with Crippen LogP contribution >= 0.6 is 0 Å². The molecule has 3 heteroatoms. The molecule has 13 heavy (non-hydrogen) atoms. The van der Waals surface area contributed by atoms with Crippen LogP contribution in [-0.2, 0) is 9.53 Å². The highest BCUT2D eigenvalue weighted by Crippen LogP contribution is 2.43. The van der Waals surface area contributed by atoms with E-state index in [1.54, 1.807) is 0 Å². The highest BCUT2D eigenvalue weighted by atomic mass is 16.6. The van der Waals surface area contributed by atoms with Crippen molar-refractivity contribution >= 4 is 5.97 Å². The minimum atomic E-state index is -0.399. The second kappa shape index (κ2) is 3.02. The van der Waals surface area contributed by atoms with E-state index in [-0.39, 0.29) is 11.9 Å². The first-order valence-corrected chi connectivity index (χ1v) is 4.88. The molecule has 1 saturated carbocycles. The first-order valence-electron chi connectivity index (χ1n) is 4.88. The van der Waals surface area contributed by atoms with Crippen LogP contribution in [0.4, 0.5) is 0 Å². The van der Waals surface area contributed by atoms with Crippen LogP contribution in [0, 0.1) is 17.2 Å². The van der Waals surface area contributed by atoms with Crippen molar-refractivity contribution in [3.63, 3.8) is 0 Å². The van der Waals surface area contributed by atoms with Crippen LogP contribution in [-0.4, -0.2) is 11.6 Å². The van der Waals surface area contributed by atoms with Crippen molar-refractivity contribution in [1.29, 1.82) is 5.26 Å². The number of nitriles is 1. The van der Waals surface area contributed by atoms with E-state index in [4.69, 9.17) is 10.00 Å². The molecule has 2 fully saturated rings. The Labute approximate surface area is 77.7 Å². The maximum atomic E-state index is 11.1. The van der Waals surface area contributed by atoms with Gasteiger partial charge in [-0.25, -0.2) is 0 Å². The van der Waals surface area contributed by atoms with Gasteiger partial charge in [0.15, 0.2) is 0 Å². The van der Waals surface area contributed by atoms with Crippen molar-refractivity contribution in [3.05, 3.63) is 0 Å². The predicted molar refractivity (Wildman–Crippen MR) is 45.6 cm³/mol. The number of ether oxygens (including phenoxy) is 1. The van der Waals surface area contributed by atoms with Gasteiger partial charge >= 0.3 is 5.97 Å². The molecule has 0 aromatic carbocycles. The van der Waals surface area contributed by atoms with Gasteiger partial charge in [0.2, 0.25) is 0 Å². The molecule has 1 atom stereocenters. The van der Waals surface area contributed by atoms with Crippen molar-refractivity contribution < 1.29 is 9.53 Å². The Bertz CT molecular complexity index is 261. The predicted octanol–water partition coefficient (Wildman–Crippen LogP) is 1.78. The summed E-state index contributed by atoms with van der Waals surface area (Å²) in [6, 6.07) is 2.21. The van der Waals surface area contributed by atoms with Crippen molar-refractivity contribution in [1.82, 2.24) is 0 Å². The summed E-state index contributed by atoms with van der Waals surface area (Å²) >= 11 is 0. The Morgan fingerprint density at radius 3 is 2.69 bits per heavy atom. The molecule has 2 aliphatic rings. The Kier molecular flexibility index (Phi) is 1.99. The topological polar surface area (TPSA) is 50.1 Å². The standard InChI is InChI=1S/C10H13NO2/c11-7-8-6-9(12)13-10(8)4-2-1-3-5-10/h8H,1-6H2. The number of carbonyl (C=O) groups excluding carboxylic acids is 1. The highest BCUT2D eigenvalue weighted by Gasteiger charge is 2.49. The molecular formula is C10H13NO2. The summed E-state index contributed by atoms with van der Waals surface area (Å²) in [4.78, 5) is 11.1. The summed E-state index contributed by atoms with van der Waals surface area (Å²) in [6.07, 6.45) is 5.46. The lowest BCUT2D eigenvalue weighted by Gasteiger charge is -2.33. The third kappa shape index (κ3) is 1.31. The summed E-state index contributed by atoms with van der Waals surface area (Å²) in [5.74, 6) is -0.381. The maximum Gasteiger partial charge on any atom is 0.307 e. The summed E-state index contributed by atoms with van der Waals surface area (Å²) in [5, 5.41) is 8.92. The van der Waals surface area contributed by atoms with Crippen LogP contribution in [0.2, 0.25) is 0 Å². The van der Waals surface area contributed by atoms with E-state index < -0.39 is 5.60 Å². The maximum absolute atomic E-state index is 11.1. The Hall–Kier alpha value is -1.04. The van der Waals surface area contributed by atoms with Gasteiger partial charge in [-0.2, -0.15) is 5.26 Å². The van der Waals surface area contributed by atoms with Crippen LogP contribution < -0.4 is 0 Å². The van der Waals surface area contributed by atoms with E-state index in [0.717, 1.165) is 25.7 Å². The largest absolute Gasteiger partial charge is 0.458 e. The zero-order valence-corrected chi connectivity index (χ0v) is 7.58. The molecule has 0 aromatic rings. The van der Waals surface area contributed by atoms with Gasteiger partial charge in [0.25, 0.3) is 0 Å². The van der Waals surface area contributed by atoms with Gasteiger partial charge in [0.1, 0.15) is 5.60 Å². The van der Waals surface area contributed by atoms with Crippen molar-refractivity contribution in [2.45, 2.75) is 44.1 Å². The minimum absolute atomic E-state index is 0.187. The Morgan fingerprint density at radius 1 is 1.38 bits per heavy atom. The first-order chi connectivity index (χ1) is 6.27. The van der Waals surface area contributed by atoms with E-state index in [2.05, 4.69) is 6.07 Å². The molecule has 1 spiro atoms. The number of nitrogens with zero attached hydrogens (tertiary/aromatic N) is 1. The molecule has 1 unspecified atom stereocenters. The average Bonchev–Trinajstić information content (AvgIpc) is 2.43. The molecule has 0 amide bonds. The van der Waals surface area contributed by atoms with Gasteiger partial charge in [-0.1, -0.05) is 6.42 Å². The summed E-state index contributed by atoms with van der Waals surface area (Å²) in [7, 11) is 0.